The van der Waals surface area contributed by atoms with Crippen molar-refractivity contribution in [1.29, 1.82) is 0 Å². The fourth-order valence-corrected chi connectivity index (χ4v) is 6.16. The van der Waals surface area contributed by atoms with Gasteiger partial charge in [-0.1, -0.05) is 57.6 Å². The van der Waals surface area contributed by atoms with Crippen LogP contribution in [0.5, 0.6) is 5.75 Å². The van der Waals surface area contributed by atoms with Crippen LogP contribution in [0.1, 0.15) is 89.0 Å². The molecule has 176 valence electrons. The summed E-state index contributed by atoms with van der Waals surface area (Å²) in [7, 11) is 0. The van der Waals surface area contributed by atoms with Gasteiger partial charge in [-0.05, 0) is 84.9 Å². The Morgan fingerprint density at radius 1 is 0.906 bits per heavy atom. The van der Waals surface area contributed by atoms with E-state index in [4.69, 9.17) is 0 Å². The molecule has 5 heteroatoms. The minimum absolute atomic E-state index is 0.174. The second-order valence-corrected chi connectivity index (χ2v) is 9.99. The molecule has 0 saturated heterocycles. The van der Waals surface area contributed by atoms with Crippen LogP contribution in [0.25, 0.3) is 10.8 Å². The fraction of sp³-hybridized carbons (Fsp3) is 0.630. The monoisotopic (exact) mass is 450 g/mol. The molecule has 0 spiro atoms. The summed E-state index contributed by atoms with van der Waals surface area (Å²) in [6.07, 6.45) is 9.31. The lowest BCUT2D eigenvalue weighted by Gasteiger charge is -2.42. The molecular weight excluding hydrogens is 416 g/mol. The van der Waals surface area contributed by atoms with E-state index in [-0.39, 0.29) is 11.1 Å². The smallest absolute Gasteiger partial charge is 0.406 e. The van der Waals surface area contributed by atoms with E-state index in [1.54, 1.807) is 0 Å². The van der Waals surface area contributed by atoms with Gasteiger partial charge in [0, 0.05) is 5.39 Å². The van der Waals surface area contributed by atoms with Gasteiger partial charge < -0.3 is 4.74 Å². The number of halogens is 4. The van der Waals surface area contributed by atoms with Crippen molar-refractivity contribution < 1.29 is 22.3 Å². The molecule has 0 amide bonds. The normalized spacial score (nSPS) is 26.2. The second kappa shape index (κ2) is 10.0. The van der Waals surface area contributed by atoms with Crippen LogP contribution in [0.3, 0.4) is 0 Å². The van der Waals surface area contributed by atoms with Gasteiger partial charge in [0.1, 0.15) is 11.6 Å². The molecule has 0 N–H and O–H groups in total. The zero-order valence-electron chi connectivity index (χ0n) is 18.9. The highest BCUT2D eigenvalue weighted by Gasteiger charge is 2.36. The van der Waals surface area contributed by atoms with Gasteiger partial charge in [0.15, 0.2) is 0 Å². The summed E-state index contributed by atoms with van der Waals surface area (Å²) in [4.78, 5) is 0. The van der Waals surface area contributed by atoms with Gasteiger partial charge in [0.05, 0.1) is 0 Å². The van der Waals surface area contributed by atoms with Gasteiger partial charge in [-0.25, -0.2) is 4.39 Å². The number of hydrogen-bond donors (Lipinski definition) is 0. The van der Waals surface area contributed by atoms with E-state index in [9.17, 15) is 17.6 Å². The zero-order valence-corrected chi connectivity index (χ0v) is 18.9. The second-order valence-electron chi connectivity index (χ2n) is 9.99. The molecule has 4 rings (SSSR count). The van der Waals surface area contributed by atoms with Crippen molar-refractivity contribution >= 4 is 10.8 Å². The lowest BCUT2D eigenvalue weighted by molar-refractivity contribution is -0.274. The van der Waals surface area contributed by atoms with E-state index in [1.807, 2.05) is 6.07 Å². The maximum atomic E-state index is 14.8. The number of unbranched alkanes of at least 4 members (excludes halogenated alkanes) is 3. The quantitative estimate of drug-likeness (QED) is 0.302. The average molecular weight is 451 g/mol. The van der Waals surface area contributed by atoms with Gasteiger partial charge in [-0.2, -0.15) is 0 Å². The molecule has 2 aromatic rings. The van der Waals surface area contributed by atoms with Crippen molar-refractivity contribution in [3.63, 3.8) is 0 Å². The minimum Gasteiger partial charge on any atom is -0.406 e. The van der Waals surface area contributed by atoms with Crippen molar-refractivity contribution in [1.82, 2.24) is 0 Å². The van der Waals surface area contributed by atoms with E-state index in [0.29, 0.717) is 11.3 Å². The first-order chi connectivity index (χ1) is 15.3. The summed E-state index contributed by atoms with van der Waals surface area (Å²) in [5, 5.41) is 0.806. The van der Waals surface area contributed by atoms with Gasteiger partial charge >= 0.3 is 6.36 Å². The highest BCUT2D eigenvalue weighted by Crippen LogP contribution is 2.49. The van der Waals surface area contributed by atoms with Crippen LogP contribution in [0.2, 0.25) is 0 Å². The van der Waals surface area contributed by atoms with Crippen molar-refractivity contribution in [3.8, 4) is 5.75 Å². The third kappa shape index (κ3) is 5.77. The third-order valence-electron chi connectivity index (χ3n) is 7.79. The molecule has 0 heterocycles. The molecule has 2 aromatic carbocycles. The Hall–Kier alpha value is -1.78. The molecule has 2 unspecified atom stereocenters. The van der Waals surface area contributed by atoms with Crippen LogP contribution in [-0.2, 0) is 0 Å². The van der Waals surface area contributed by atoms with Crippen LogP contribution in [0, 0.1) is 23.6 Å². The van der Waals surface area contributed by atoms with E-state index >= 15 is 0 Å². The maximum absolute atomic E-state index is 14.8. The molecule has 0 radical (unpaired) electrons. The lowest BCUT2D eigenvalue weighted by Crippen LogP contribution is -2.30. The number of alkyl halides is 3. The molecule has 0 bridgehead atoms. The number of ether oxygens (including phenoxy) is 1. The van der Waals surface area contributed by atoms with Crippen molar-refractivity contribution in [2.24, 2.45) is 17.8 Å². The van der Waals surface area contributed by atoms with Gasteiger partial charge in [-0.15, -0.1) is 13.2 Å². The lowest BCUT2D eigenvalue weighted by atomic mass is 9.63. The molecule has 2 aliphatic rings. The van der Waals surface area contributed by atoms with Crippen LogP contribution in [-0.4, -0.2) is 6.36 Å². The summed E-state index contributed by atoms with van der Waals surface area (Å²) in [5.74, 6) is 1.90. The summed E-state index contributed by atoms with van der Waals surface area (Å²) >= 11 is 0. The zero-order chi connectivity index (χ0) is 22.7. The average Bonchev–Trinajstić information content (AvgIpc) is 2.75. The highest BCUT2D eigenvalue weighted by molar-refractivity contribution is 5.85. The molecule has 0 aliphatic heterocycles. The summed E-state index contributed by atoms with van der Waals surface area (Å²) < 4.78 is 56.2. The minimum atomic E-state index is -4.78. The van der Waals surface area contributed by atoms with E-state index < -0.39 is 12.2 Å². The Balaban J connectivity index is 1.40. The molecule has 2 fully saturated rings. The number of hydrogen-bond acceptors (Lipinski definition) is 1. The van der Waals surface area contributed by atoms with Crippen LogP contribution < -0.4 is 4.74 Å². The molecule has 4 atom stereocenters. The van der Waals surface area contributed by atoms with Crippen molar-refractivity contribution in [3.05, 3.63) is 41.7 Å². The predicted molar refractivity (Wildman–Crippen MR) is 120 cm³/mol. The standard InChI is InChI=1S/C27H34F4O/c1-2-3-4-5-6-18-7-8-20-14-21(10-9-19(20)13-18)23-15-22-11-12-24(32-27(29,30)31)17-25(22)26(28)16-23/h11-12,15-21H,2-10,13-14H2,1H3/t18-,19?,20-,21?/m1/s1. The Morgan fingerprint density at radius 3 is 2.47 bits per heavy atom. The SMILES string of the molecule is CCCCCC[C@@H]1CC[C@@H]2CC(c3cc(F)c4cc(OC(F)(F)F)ccc4c3)CCC2C1. The van der Waals surface area contributed by atoms with E-state index in [1.165, 1.54) is 76.0 Å². The Bertz CT molecular complexity index is 906. The molecule has 1 nitrogen and oxygen atoms in total. The largest absolute Gasteiger partial charge is 0.573 e. The van der Waals surface area contributed by atoms with Crippen LogP contribution >= 0.6 is 0 Å². The number of benzene rings is 2. The summed E-state index contributed by atoms with van der Waals surface area (Å²) in [5.41, 5.74) is 0.986. The molecule has 2 aliphatic carbocycles. The highest BCUT2D eigenvalue weighted by atomic mass is 19.4. The van der Waals surface area contributed by atoms with Crippen LogP contribution in [0.4, 0.5) is 17.6 Å². The Morgan fingerprint density at radius 2 is 1.69 bits per heavy atom. The van der Waals surface area contributed by atoms with E-state index in [2.05, 4.69) is 11.7 Å². The molecule has 0 aromatic heterocycles. The first-order valence-electron chi connectivity index (χ1n) is 12.3. The number of rotatable bonds is 7. The van der Waals surface area contributed by atoms with Gasteiger partial charge in [-0.3, -0.25) is 0 Å². The van der Waals surface area contributed by atoms with E-state index in [0.717, 1.165) is 42.2 Å². The summed E-state index contributed by atoms with van der Waals surface area (Å²) in [6, 6.07) is 7.42. The summed E-state index contributed by atoms with van der Waals surface area (Å²) in [6.45, 7) is 2.25. The maximum Gasteiger partial charge on any atom is 0.573 e. The molecule has 2 saturated carbocycles. The van der Waals surface area contributed by atoms with Crippen molar-refractivity contribution in [2.45, 2.75) is 89.8 Å². The number of fused-ring (bicyclic) bond motifs is 2. The Kier molecular flexibility index (Phi) is 7.31. The predicted octanol–water partition coefficient (Wildman–Crippen LogP) is 9.15. The molecule has 32 heavy (non-hydrogen) atoms. The first-order valence-corrected chi connectivity index (χ1v) is 12.3. The van der Waals surface area contributed by atoms with Crippen LogP contribution in [0.15, 0.2) is 30.3 Å². The van der Waals surface area contributed by atoms with Crippen molar-refractivity contribution in [2.75, 3.05) is 0 Å². The topological polar surface area (TPSA) is 9.23 Å². The Labute approximate surface area is 188 Å². The van der Waals surface area contributed by atoms with Gasteiger partial charge in [0.2, 0.25) is 0 Å². The third-order valence-corrected chi connectivity index (χ3v) is 7.79. The van der Waals surface area contributed by atoms with Gasteiger partial charge in [0.25, 0.3) is 0 Å². The first kappa shape index (κ1) is 23.4. The fourth-order valence-electron chi connectivity index (χ4n) is 6.16. The molecular formula is C27H34F4O.